The summed E-state index contributed by atoms with van der Waals surface area (Å²) in [5, 5.41) is 9.60. The molecule has 1 aromatic carbocycles. The summed E-state index contributed by atoms with van der Waals surface area (Å²) in [7, 11) is 0. The Bertz CT molecular complexity index is 945. The zero-order valence-electron chi connectivity index (χ0n) is 13.1. The second-order valence-electron chi connectivity index (χ2n) is 5.79. The Morgan fingerprint density at radius 2 is 1.88 bits per heavy atom. The van der Waals surface area contributed by atoms with E-state index in [2.05, 4.69) is 4.98 Å². The van der Waals surface area contributed by atoms with E-state index in [4.69, 9.17) is 23.2 Å². The van der Waals surface area contributed by atoms with Crippen molar-refractivity contribution >= 4 is 29.2 Å². The molecule has 0 unspecified atom stereocenters. The second-order valence-corrected chi connectivity index (χ2v) is 6.57. The molecule has 1 aliphatic rings. The number of hydrogen-bond donors (Lipinski definition) is 2. The first-order valence-corrected chi connectivity index (χ1v) is 8.44. The van der Waals surface area contributed by atoms with Crippen LogP contribution in [0.4, 0.5) is 0 Å². The van der Waals surface area contributed by atoms with Crippen LogP contribution in [-0.4, -0.2) is 38.6 Å². The largest absolute Gasteiger partial charge is 0.477 e. The van der Waals surface area contributed by atoms with Crippen molar-refractivity contribution in [1.82, 2.24) is 14.5 Å². The highest BCUT2D eigenvalue weighted by molar-refractivity contribution is 6.43. The van der Waals surface area contributed by atoms with Crippen LogP contribution in [0.3, 0.4) is 0 Å². The van der Waals surface area contributed by atoms with Crippen molar-refractivity contribution in [3.63, 3.8) is 0 Å². The van der Waals surface area contributed by atoms with Crippen LogP contribution < -0.4 is 11.2 Å². The molecule has 9 heteroatoms. The fourth-order valence-corrected chi connectivity index (χ4v) is 3.33. The summed E-state index contributed by atoms with van der Waals surface area (Å²) in [6, 6.07) is 4.56. The molecule has 0 amide bonds. The Labute approximate surface area is 152 Å². The number of aromatic nitrogens is 2. The van der Waals surface area contributed by atoms with Gasteiger partial charge in [-0.1, -0.05) is 29.3 Å². The molecule has 0 saturated carbocycles. The van der Waals surface area contributed by atoms with Crippen molar-refractivity contribution in [3.05, 3.63) is 60.3 Å². The number of H-pyrrole nitrogens is 1. The Morgan fingerprint density at radius 1 is 1.20 bits per heavy atom. The molecule has 1 saturated heterocycles. The fourth-order valence-electron chi connectivity index (χ4n) is 2.95. The number of hydrogen-bond acceptors (Lipinski definition) is 4. The van der Waals surface area contributed by atoms with Crippen molar-refractivity contribution in [2.24, 2.45) is 0 Å². The first-order chi connectivity index (χ1) is 11.9. The number of nitrogens with zero attached hydrogens (tertiary/aromatic N) is 2. The number of aromatic amines is 1. The SMILES string of the molecule is O=C(O)c1[nH]c(=O)n(-c2cccc(Cl)c2Cl)c(=O)c1CN1CCCC1. The molecule has 3 rings (SSSR count). The van der Waals surface area contributed by atoms with E-state index in [1.165, 1.54) is 12.1 Å². The van der Waals surface area contributed by atoms with Crippen LogP contribution in [-0.2, 0) is 6.54 Å². The van der Waals surface area contributed by atoms with E-state index >= 15 is 0 Å². The average Bonchev–Trinajstić information content (AvgIpc) is 3.06. The third-order valence-electron chi connectivity index (χ3n) is 4.16. The molecule has 7 nitrogen and oxygen atoms in total. The van der Waals surface area contributed by atoms with E-state index in [-0.39, 0.29) is 27.8 Å². The van der Waals surface area contributed by atoms with Gasteiger partial charge in [0.05, 0.1) is 21.3 Å². The van der Waals surface area contributed by atoms with Gasteiger partial charge in [0.2, 0.25) is 0 Å². The van der Waals surface area contributed by atoms with Crippen LogP contribution in [0.2, 0.25) is 10.0 Å². The van der Waals surface area contributed by atoms with E-state index in [0.717, 1.165) is 30.5 Å². The molecule has 0 bridgehead atoms. The van der Waals surface area contributed by atoms with Crippen LogP contribution in [0.15, 0.2) is 27.8 Å². The molecule has 1 aliphatic heterocycles. The minimum absolute atomic E-state index is 0.0186. The van der Waals surface area contributed by atoms with Gasteiger partial charge in [0.15, 0.2) is 0 Å². The monoisotopic (exact) mass is 383 g/mol. The van der Waals surface area contributed by atoms with E-state index in [1.54, 1.807) is 6.07 Å². The van der Waals surface area contributed by atoms with Crippen molar-refractivity contribution in [2.45, 2.75) is 19.4 Å². The van der Waals surface area contributed by atoms with Crippen LogP contribution in [0, 0.1) is 0 Å². The number of carboxylic acids is 1. The standard InChI is InChI=1S/C16H15Cl2N3O4/c17-10-4-3-5-11(12(10)18)21-14(22)9(8-20-6-1-2-7-20)13(15(23)24)19-16(21)25/h3-5H,1-2,6-8H2,(H,19,25)(H,23,24). The molecule has 2 N–H and O–H groups in total. The Hall–Kier alpha value is -2.09. The topological polar surface area (TPSA) is 95.4 Å². The molecule has 0 atom stereocenters. The van der Waals surface area contributed by atoms with Crippen LogP contribution in [0.25, 0.3) is 5.69 Å². The van der Waals surface area contributed by atoms with E-state index in [1.807, 2.05) is 4.90 Å². The van der Waals surface area contributed by atoms with Crippen LogP contribution in [0.5, 0.6) is 0 Å². The first kappa shape index (κ1) is 17.7. The van der Waals surface area contributed by atoms with Gasteiger partial charge in [-0.25, -0.2) is 14.2 Å². The van der Waals surface area contributed by atoms with Crippen molar-refractivity contribution in [3.8, 4) is 5.69 Å². The number of carbonyl (C=O) groups is 1. The number of aromatic carboxylic acids is 1. The number of rotatable bonds is 4. The zero-order valence-corrected chi connectivity index (χ0v) is 14.6. The summed E-state index contributed by atoms with van der Waals surface area (Å²) < 4.78 is 0.825. The van der Waals surface area contributed by atoms with Gasteiger partial charge in [-0.3, -0.25) is 9.69 Å². The van der Waals surface area contributed by atoms with Crippen LogP contribution in [0.1, 0.15) is 28.9 Å². The summed E-state index contributed by atoms with van der Waals surface area (Å²) in [5.41, 5.74) is -1.85. The maximum absolute atomic E-state index is 12.9. The normalized spacial score (nSPS) is 14.8. The number of halogens is 2. The molecule has 0 aliphatic carbocycles. The Balaban J connectivity index is 2.23. The molecule has 0 radical (unpaired) electrons. The lowest BCUT2D eigenvalue weighted by Crippen LogP contribution is -2.40. The van der Waals surface area contributed by atoms with Gasteiger partial charge in [-0.15, -0.1) is 0 Å². The predicted molar refractivity (Wildman–Crippen MR) is 94.2 cm³/mol. The fraction of sp³-hybridized carbons (Fsp3) is 0.312. The van der Waals surface area contributed by atoms with Gasteiger partial charge >= 0.3 is 11.7 Å². The number of likely N-dealkylation sites (tertiary alicyclic amines) is 1. The maximum Gasteiger partial charge on any atom is 0.352 e. The number of nitrogens with one attached hydrogen (secondary N) is 1. The van der Waals surface area contributed by atoms with E-state index in [0.29, 0.717) is 0 Å². The van der Waals surface area contributed by atoms with Crippen molar-refractivity contribution in [2.75, 3.05) is 13.1 Å². The van der Waals surface area contributed by atoms with Gasteiger partial charge in [-0.05, 0) is 38.1 Å². The number of benzene rings is 1. The third-order valence-corrected chi connectivity index (χ3v) is 4.97. The molecule has 1 fully saturated rings. The quantitative estimate of drug-likeness (QED) is 0.842. The predicted octanol–water partition coefficient (Wildman–Crippen LogP) is 2.13. The summed E-state index contributed by atoms with van der Waals surface area (Å²) in [5.74, 6) is -1.35. The molecule has 1 aromatic heterocycles. The lowest BCUT2D eigenvalue weighted by atomic mass is 10.2. The maximum atomic E-state index is 12.9. The molecule has 25 heavy (non-hydrogen) atoms. The highest BCUT2D eigenvalue weighted by Gasteiger charge is 2.24. The molecule has 132 valence electrons. The van der Waals surface area contributed by atoms with Crippen LogP contribution >= 0.6 is 23.2 Å². The molecule has 2 heterocycles. The minimum atomic E-state index is -1.35. The van der Waals surface area contributed by atoms with E-state index in [9.17, 15) is 19.5 Å². The zero-order chi connectivity index (χ0) is 18.1. The summed E-state index contributed by atoms with van der Waals surface area (Å²) in [6.45, 7) is 1.69. The lowest BCUT2D eigenvalue weighted by Gasteiger charge is -2.17. The second kappa shape index (κ2) is 7.03. The van der Waals surface area contributed by atoms with Gasteiger partial charge in [0.1, 0.15) is 5.69 Å². The minimum Gasteiger partial charge on any atom is -0.477 e. The van der Waals surface area contributed by atoms with Crippen molar-refractivity contribution < 1.29 is 9.90 Å². The summed E-state index contributed by atoms with van der Waals surface area (Å²) in [6.07, 6.45) is 1.97. The lowest BCUT2D eigenvalue weighted by molar-refractivity contribution is 0.0687. The molecular formula is C16H15Cl2N3O4. The average molecular weight is 384 g/mol. The van der Waals surface area contributed by atoms with Crippen molar-refractivity contribution in [1.29, 1.82) is 0 Å². The number of carboxylic acid groups (broad SMARTS) is 1. The van der Waals surface area contributed by atoms with Gasteiger partial charge in [0.25, 0.3) is 5.56 Å². The van der Waals surface area contributed by atoms with Gasteiger partial charge < -0.3 is 10.1 Å². The Morgan fingerprint density at radius 3 is 2.52 bits per heavy atom. The highest BCUT2D eigenvalue weighted by Crippen LogP contribution is 2.27. The first-order valence-electron chi connectivity index (χ1n) is 7.68. The molecular weight excluding hydrogens is 369 g/mol. The summed E-state index contributed by atoms with van der Waals surface area (Å²) in [4.78, 5) is 41.0. The third kappa shape index (κ3) is 3.35. The van der Waals surface area contributed by atoms with Gasteiger partial charge in [-0.2, -0.15) is 0 Å². The smallest absolute Gasteiger partial charge is 0.352 e. The van der Waals surface area contributed by atoms with Gasteiger partial charge in [0, 0.05) is 6.54 Å². The molecule has 0 spiro atoms. The summed E-state index contributed by atoms with van der Waals surface area (Å²) >= 11 is 12.1. The molecule has 2 aromatic rings. The van der Waals surface area contributed by atoms with E-state index < -0.39 is 22.9 Å². The Kier molecular flexibility index (Phi) is 4.99. The highest BCUT2D eigenvalue weighted by atomic mass is 35.5.